The molecule has 4 rings (SSSR count). The van der Waals surface area contributed by atoms with Crippen molar-refractivity contribution in [3.8, 4) is 11.3 Å². The molecule has 0 unspecified atom stereocenters. The van der Waals surface area contributed by atoms with Gasteiger partial charge in [-0.2, -0.15) is 5.10 Å². The summed E-state index contributed by atoms with van der Waals surface area (Å²) in [6.07, 6.45) is 1.51. The van der Waals surface area contributed by atoms with Gasteiger partial charge in [0.2, 0.25) is 0 Å². The fraction of sp³-hybridized carbons (Fsp3) is 0.0556. The standard InChI is InChI=1S/C18H13ClN4OS/c1-10-3-2-4-14-15(10)21-18(25-14)22-17(24)13-9-20-23-16(13)11-5-7-12(19)8-6-11/h2-9H,1H3,(H,20,23)(H,21,22,24). The van der Waals surface area contributed by atoms with E-state index in [0.29, 0.717) is 21.4 Å². The number of nitrogens with one attached hydrogen (secondary N) is 2. The number of aryl methyl sites for hydroxylation is 1. The van der Waals surface area contributed by atoms with Crippen molar-refractivity contribution >= 4 is 44.2 Å². The summed E-state index contributed by atoms with van der Waals surface area (Å²) < 4.78 is 1.04. The summed E-state index contributed by atoms with van der Waals surface area (Å²) in [5.74, 6) is -0.254. The zero-order valence-electron chi connectivity index (χ0n) is 13.2. The van der Waals surface area contributed by atoms with Crippen LogP contribution in [0.4, 0.5) is 5.13 Å². The van der Waals surface area contributed by atoms with Gasteiger partial charge in [0.25, 0.3) is 5.91 Å². The number of amides is 1. The number of para-hydroxylation sites is 1. The molecule has 124 valence electrons. The number of fused-ring (bicyclic) bond motifs is 1. The van der Waals surface area contributed by atoms with Gasteiger partial charge in [-0.05, 0) is 30.7 Å². The normalized spacial score (nSPS) is 11.0. The topological polar surface area (TPSA) is 70.7 Å². The van der Waals surface area contributed by atoms with Crippen LogP contribution < -0.4 is 5.32 Å². The largest absolute Gasteiger partial charge is 0.298 e. The molecular weight excluding hydrogens is 356 g/mol. The first kappa shape index (κ1) is 15.8. The van der Waals surface area contributed by atoms with E-state index >= 15 is 0 Å². The van der Waals surface area contributed by atoms with E-state index in [1.807, 2.05) is 37.3 Å². The molecule has 4 aromatic rings. The number of aromatic nitrogens is 3. The smallest absolute Gasteiger partial charge is 0.261 e. The van der Waals surface area contributed by atoms with Crippen LogP contribution in [0, 0.1) is 6.92 Å². The molecule has 1 amide bonds. The Morgan fingerprint density at radius 1 is 1.20 bits per heavy atom. The van der Waals surface area contributed by atoms with Crippen LogP contribution in [0.15, 0.2) is 48.7 Å². The van der Waals surface area contributed by atoms with E-state index in [9.17, 15) is 4.79 Å². The molecule has 2 aromatic carbocycles. The lowest BCUT2D eigenvalue weighted by Gasteiger charge is -2.03. The highest BCUT2D eigenvalue weighted by Crippen LogP contribution is 2.29. The molecule has 0 aliphatic carbocycles. The summed E-state index contributed by atoms with van der Waals surface area (Å²) in [5, 5.41) is 10.9. The van der Waals surface area contributed by atoms with Gasteiger partial charge in [-0.15, -0.1) is 0 Å². The lowest BCUT2D eigenvalue weighted by atomic mass is 10.1. The number of carbonyl (C=O) groups excluding carboxylic acids is 1. The van der Waals surface area contributed by atoms with E-state index in [0.717, 1.165) is 21.3 Å². The van der Waals surface area contributed by atoms with Gasteiger partial charge in [-0.25, -0.2) is 4.98 Å². The monoisotopic (exact) mass is 368 g/mol. The van der Waals surface area contributed by atoms with Crippen LogP contribution in [-0.2, 0) is 0 Å². The molecule has 0 spiro atoms. The van der Waals surface area contributed by atoms with E-state index in [4.69, 9.17) is 11.6 Å². The number of carbonyl (C=O) groups is 1. The van der Waals surface area contributed by atoms with Crippen LogP contribution >= 0.6 is 22.9 Å². The quantitative estimate of drug-likeness (QED) is 0.540. The molecule has 25 heavy (non-hydrogen) atoms. The van der Waals surface area contributed by atoms with Gasteiger partial charge >= 0.3 is 0 Å². The van der Waals surface area contributed by atoms with Crippen molar-refractivity contribution in [2.24, 2.45) is 0 Å². The van der Waals surface area contributed by atoms with Crippen LogP contribution in [0.25, 0.3) is 21.5 Å². The summed E-state index contributed by atoms with van der Waals surface area (Å²) >= 11 is 7.37. The minimum Gasteiger partial charge on any atom is -0.298 e. The molecule has 0 saturated carbocycles. The van der Waals surface area contributed by atoms with Gasteiger partial charge < -0.3 is 0 Å². The molecule has 0 radical (unpaired) electrons. The average Bonchev–Trinajstić information content (AvgIpc) is 3.23. The Labute approximate surface area is 152 Å². The summed E-state index contributed by atoms with van der Waals surface area (Å²) in [7, 11) is 0. The van der Waals surface area contributed by atoms with E-state index in [-0.39, 0.29) is 5.91 Å². The van der Waals surface area contributed by atoms with Gasteiger partial charge in [0.05, 0.1) is 27.7 Å². The number of benzene rings is 2. The fourth-order valence-electron chi connectivity index (χ4n) is 2.60. The maximum absolute atomic E-state index is 12.7. The molecule has 0 aliphatic rings. The van der Waals surface area contributed by atoms with Crippen LogP contribution in [0.1, 0.15) is 15.9 Å². The second-order valence-electron chi connectivity index (χ2n) is 5.56. The number of anilines is 1. The third-order valence-corrected chi connectivity index (χ3v) is 5.05. The van der Waals surface area contributed by atoms with Crippen molar-refractivity contribution in [2.45, 2.75) is 6.92 Å². The average molecular weight is 369 g/mol. The van der Waals surface area contributed by atoms with Crippen molar-refractivity contribution in [2.75, 3.05) is 5.32 Å². The van der Waals surface area contributed by atoms with E-state index in [1.165, 1.54) is 17.5 Å². The maximum atomic E-state index is 12.7. The summed E-state index contributed by atoms with van der Waals surface area (Å²) in [6.45, 7) is 2.00. The highest BCUT2D eigenvalue weighted by molar-refractivity contribution is 7.22. The van der Waals surface area contributed by atoms with Gasteiger partial charge in [0, 0.05) is 10.6 Å². The Morgan fingerprint density at radius 2 is 2.00 bits per heavy atom. The zero-order valence-corrected chi connectivity index (χ0v) is 14.8. The first-order valence-electron chi connectivity index (χ1n) is 7.58. The summed E-state index contributed by atoms with van der Waals surface area (Å²) in [4.78, 5) is 17.2. The van der Waals surface area contributed by atoms with Gasteiger partial charge in [-0.3, -0.25) is 15.2 Å². The Hall–Kier alpha value is -2.70. The van der Waals surface area contributed by atoms with Crippen molar-refractivity contribution in [3.63, 3.8) is 0 Å². The highest BCUT2D eigenvalue weighted by Gasteiger charge is 2.17. The van der Waals surface area contributed by atoms with E-state index in [2.05, 4.69) is 20.5 Å². The Bertz CT molecular complexity index is 1070. The minimum atomic E-state index is -0.254. The molecule has 0 bridgehead atoms. The first-order chi connectivity index (χ1) is 12.1. The zero-order chi connectivity index (χ0) is 17.4. The minimum absolute atomic E-state index is 0.254. The van der Waals surface area contributed by atoms with Crippen LogP contribution in [0.2, 0.25) is 5.02 Å². The number of hydrogen-bond acceptors (Lipinski definition) is 4. The van der Waals surface area contributed by atoms with Crippen LogP contribution in [0.5, 0.6) is 0 Å². The molecular formula is C18H13ClN4OS. The molecule has 0 aliphatic heterocycles. The maximum Gasteiger partial charge on any atom is 0.261 e. The number of aromatic amines is 1. The van der Waals surface area contributed by atoms with E-state index in [1.54, 1.807) is 12.1 Å². The Morgan fingerprint density at radius 3 is 2.76 bits per heavy atom. The van der Waals surface area contributed by atoms with Gasteiger partial charge in [0.15, 0.2) is 5.13 Å². The van der Waals surface area contributed by atoms with Gasteiger partial charge in [-0.1, -0.05) is 47.2 Å². The molecule has 7 heteroatoms. The lowest BCUT2D eigenvalue weighted by Crippen LogP contribution is -2.12. The predicted molar refractivity (Wildman–Crippen MR) is 101 cm³/mol. The first-order valence-corrected chi connectivity index (χ1v) is 8.78. The van der Waals surface area contributed by atoms with Gasteiger partial charge in [0.1, 0.15) is 0 Å². The molecule has 5 nitrogen and oxygen atoms in total. The van der Waals surface area contributed by atoms with Crippen LogP contribution in [-0.4, -0.2) is 21.1 Å². The van der Waals surface area contributed by atoms with Crippen LogP contribution in [0.3, 0.4) is 0 Å². The second-order valence-corrected chi connectivity index (χ2v) is 7.03. The summed E-state index contributed by atoms with van der Waals surface area (Å²) in [5.41, 5.74) is 3.93. The SMILES string of the molecule is Cc1cccc2sc(NC(=O)c3cn[nH]c3-c3ccc(Cl)cc3)nc12. The summed E-state index contributed by atoms with van der Waals surface area (Å²) in [6, 6.07) is 13.2. The number of halogens is 1. The van der Waals surface area contributed by atoms with Crippen molar-refractivity contribution in [1.82, 2.24) is 15.2 Å². The predicted octanol–water partition coefficient (Wildman–Crippen LogP) is 4.90. The molecule has 0 fully saturated rings. The number of hydrogen-bond donors (Lipinski definition) is 2. The van der Waals surface area contributed by atoms with Crippen molar-refractivity contribution in [3.05, 3.63) is 64.8 Å². The number of H-pyrrole nitrogens is 1. The third kappa shape index (κ3) is 3.01. The highest BCUT2D eigenvalue weighted by atomic mass is 35.5. The second kappa shape index (κ2) is 6.31. The lowest BCUT2D eigenvalue weighted by molar-refractivity contribution is 0.102. The number of rotatable bonds is 3. The molecule has 0 atom stereocenters. The Kier molecular flexibility index (Phi) is 3.99. The molecule has 2 N–H and O–H groups in total. The Balaban J connectivity index is 1.64. The molecule has 2 heterocycles. The van der Waals surface area contributed by atoms with E-state index < -0.39 is 0 Å². The van der Waals surface area contributed by atoms with Crippen molar-refractivity contribution in [1.29, 1.82) is 0 Å². The number of nitrogens with zero attached hydrogens (tertiary/aromatic N) is 2. The van der Waals surface area contributed by atoms with Crippen molar-refractivity contribution < 1.29 is 4.79 Å². The molecule has 0 saturated heterocycles. The third-order valence-electron chi connectivity index (χ3n) is 3.86. The number of thiazole rings is 1. The molecule has 2 aromatic heterocycles. The fourth-order valence-corrected chi connectivity index (χ4v) is 3.66.